The van der Waals surface area contributed by atoms with Crippen molar-refractivity contribution in [3.63, 3.8) is 0 Å². The molecule has 0 aromatic carbocycles. The third-order valence-electron chi connectivity index (χ3n) is 0.788. The van der Waals surface area contributed by atoms with E-state index in [0.29, 0.717) is 0 Å². The first-order valence-electron chi connectivity index (χ1n) is 2.26. The van der Waals surface area contributed by atoms with Crippen LogP contribution in [0.2, 0.25) is 0 Å². The van der Waals surface area contributed by atoms with Crippen LogP contribution >= 0.6 is 0 Å². The summed E-state index contributed by atoms with van der Waals surface area (Å²) in [5, 5.41) is 34.3. The maximum Gasteiger partial charge on any atom is 1.00 e. The van der Waals surface area contributed by atoms with Gasteiger partial charge in [-0.3, -0.25) is 0 Å². The molecule has 2 atom stereocenters. The number of aliphatic carboxylic acids is 1. The number of rotatable bonds is 3. The van der Waals surface area contributed by atoms with Gasteiger partial charge in [-0.2, -0.15) is 0 Å². The topological polar surface area (TPSA) is 101 Å². The zero-order valence-corrected chi connectivity index (χ0v) is 8.64. The van der Waals surface area contributed by atoms with Gasteiger partial charge in [0, 0.05) is 0 Å². The van der Waals surface area contributed by atoms with Crippen LogP contribution in [0.25, 0.3) is 0 Å². The normalized spacial score (nSPS) is 15.1. The van der Waals surface area contributed by atoms with Crippen LogP contribution < -0.4 is 56.5 Å². The summed E-state index contributed by atoms with van der Waals surface area (Å²) in [6.45, 7) is -1.01. The van der Waals surface area contributed by atoms with Gasteiger partial charge in [0.25, 0.3) is 0 Å². The second-order valence-corrected chi connectivity index (χ2v) is 1.52. The Bertz CT molecular complexity index is 106. The Labute approximate surface area is 100 Å². The molecule has 0 fully saturated rings. The number of carbonyl (C=O) groups is 1. The Hall–Kier alpha value is 0.986. The number of aliphatic hydroxyl groups excluding tert-OH is 2. The quantitative estimate of drug-likeness (QED) is 0.370. The molecule has 6 heteroatoms. The van der Waals surface area contributed by atoms with Gasteiger partial charge in [0.05, 0.1) is 6.10 Å². The van der Waals surface area contributed by atoms with Crippen LogP contribution in [0.5, 0.6) is 0 Å². The smallest absolute Gasteiger partial charge is 0.853 e. The van der Waals surface area contributed by atoms with E-state index in [-0.39, 0.29) is 51.4 Å². The van der Waals surface area contributed by atoms with E-state index in [2.05, 4.69) is 0 Å². The summed E-state index contributed by atoms with van der Waals surface area (Å²) < 4.78 is 0. The minimum Gasteiger partial charge on any atom is -0.853 e. The van der Waals surface area contributed by atoms with Crippen LogP contribution in [0.15, 0.2) is 0 Å². The van der Waals surface area contributed by atoms with E-state index in [9.17, 15) is 9.90 Å². The zero-order chi connectivity index (χ0) is 7.44. The van der Waals surface area contributed by atoms with E-state index in [1.807, 2.05) is 0 Å². The molecular weight excluding hydrogens is 167 g/mol. The first-order chi connectivity index (χ1) is 4.09. The molecule has 0 aliphatic heterocycles. The molecule has 0 amide bonds. The number of carboxylic acid groups (broad SMARTS) is 1. The Morgan fingerprint density at radius 1 is 1.50 bits per heavy atom. The van der Waals surface area contributed by atoms with Crippen LogP contribution in [0.1, 0.15) is 0 Å². The van der Waals surface area contributed by atoms with Gasteiger partial charge >= 0.3 is 57.4 Å². The minimum absolute atomic E-state index is 0. The Kier molecular flexibility index (Phi) is 9.07. The number of aliphatic hydroxyl groups is 2. The van der Waals surface area contributed by atoms with Crippen LogP contribution in [-0.2, 0) is 4.79 Å². The van der Waals surface area contributed by atoms with Crippen molar-refractivity contribution in [3.05, 3.63) is 0 Å². The molecule has 0 rings (SSSR count). The van der Waals surface area contributed by atoms with Gasteiger partial charge in [-0.05, 0) is 0 Å². The zero-order valence-electron chi connectivity index (χ0n) is 5.52. The summed E-state index contributed by atoms with van der Waals surface area (Å²) in [5.41, 5.74) is 0. The SMILES string of the molecule is O=C(O)[C@H](O)[C@H](O)C[O-].[K+]. The van der Waals surface area contributed by atoms with Gasteiger partial charge in [-0.25, -0.2) is 4.79 Å². The fourth-order valence-corrected chi connectivity index (χ4v) is 0.256. The standard InChI is InChI=1S/C4H7O5.K/c5-1-2(6)3(7)4(8)9;/h2-3,6-7H,1H2,(H,8,9);/q-1;+1/t2-,3-;/m1./s1. The van der Waals surface area contributed by atoms with E-state index >= 15 is 0 Å². The predicted octanol–water partition coefficient (Wildman–Crippen LogP) is -5.84. The van der Waals surface area contributed by atoms with Crippen molar-refractivity contribution in [3.8, 4) is 0 Å². The third-order valence-corrected chi connectivity index (χ3v) is 0.788. The summed E-state index contributed by atoms with van der Waals surface area (Å²) in [5.74, 6) is -1.58. The van der Waals surface area contributed by atoms with Crippen LogP contribution in [0.3, 0.4) is 0 Å². The van der Waals surface area contributed by atoms with Gasteiger partial charge < -0.3 is 20.4 Å². The number of carboxylic acids is 1. The summed E-state index contributed by atoms with van der Waals surface area (Å²) in [4.78, 5) is 9.75. The summed E-state index contributed by atoms with van der Waals surface area (Å²) >= 11 is 0. The molecule has 0 heterocycles. The van der Waals surface area contributed by atoms with E-state index in [1.54, 1.807) is 0 Å². The van der Waals surface area contributed by atoms with Crippen molar-refractivity contribution >= 4 is 5.97 Å². The van der Waals surface area contributed by atoms with Crippen molar-refractivity contribution in [2.75, 3.05) is 6.61 Å². The molecule has 0 saturated carbocycles. The Morgan fingerprint density at radius 2 is 1.90 bits per heavy atom. The fourth-order valence-electron chi connectivity index (χ4n) is 0.256. The van der Waals surface area contributed by atoms with Crippen molar-refractivity contribution in [2.45, 2.75) is 12.2 Å². The molecule has 5 nitrogen and oxygen atoms in total. The molecule has 0 spiro atoms. The summed E-state index contributed by atoms with van der Waals surface area (Å²) in [6, 6.07) is 0. The van der Waals surface area contributed by atoms with Gasteiger partial charge in [0.15, 0.2) is 6.10 Å². The average Bonchev–Trinajstić information content (AvgIpc) is 1.84. The second kappa shape index (κ2) is 6.68. The van der Waals surface area contributed by atoms with Crippen molar-refractivity contribution in [2.24, 2.45) is 0 Å². The van der Waals surface area contributed by atoms with Crippen LogP contribution in [0.4, 0.5) is 0 Å². The molecule has 3 N–H and O–H groups in total. The molecule has 0 radical (unpaired) electrons. The van der Waals surface area contributed by atoms with Gasteiger partial charge in [0.1, 0.15) is 0 Å². The molecule has 0 aliphatic rings. The van der Waals surface area contributed by atoms with Crippen molar-refractivity contribution in [1.29, 1.82) is 0 Å². The molecule has 54 valence electrons. The monoisotopic (exact) mass is 174 g/mol. The predicted molar refractivity (Wildman–Crippen MR) is 24.5 cm³/mol. The van der Waals surface area contributed by atoms with Gasteiger partial charge in [-0.1, -0.05) is 0 Å². The summed E-state index contributed by atoms with van der Waals surface area (Å²) in [7, 11) is 0. The maximum atomic E-state index is 9.75. The van der Waals surface area contributed by atoms with Gasteiger partial charge in [-0.15, -0.1) is 6.61 Å². The third kappa shape index (κ3) is 4.75. The van der Waals surface area contributed by atoms with E-state index in [4.69, 9.17) is 15.3 Å². The van der Waals surface area contributed by atoms with Crippen molar-refractivity contribution < 1.29 is 76.6 Å². The molecule has 0 unspecified atom stereocenters. The van der Waals surface area contributed by atoms with E-state index in [0.717, 1.165) is 0 Å². The van der Waals surface area contributed by atoms with E-state index < -0.39 is 24.8 Å². The largest absolute Gasteiger partial charge is 1.00 e. The van der Waals surface area contributed by atoms with Crippen molar-refractivity contribution in [1.82, 2.24) is 0 Å². The first kappa shape index (κ1) is 13.6. The number of hydrogen-bond donors (Lipinski definition) is 3. The minimum atomic E-state index is -1.96. The summed E-state index contributed by atoms with van der Waals surface area (Å²) in [6.07, 6.45) is -3.66. The van der Waals surface area contributed by atoms with E-state index in [1.165, 1.54) is 0 Å². The van der Waals surface area contributed by atoms with Crippen LogP contribution in [0, 0.1) is 0 Å². The molecule has 0 aliphatic carbocycles. The number of hydrogen-bond acceptors (Lipinski definition) is 4. The Balaban J connectivity index is 0. The first-order valence-corrected chi connectivity index (χ1v) is 2.26. The van der Waals surface area contributed by atoms with Crippen LogP contribution in [-0.4, -0.2) is 40.1 Å². The molecular formula is C4H7KO5. The molecule has 0 saturated heterocycles. The molecule has 0 aromatic rings. The fraction of sp³-hybridized carbons (Fsp3) is 0.750. The average molecular weight is 174 g/mol. The molecule has 10 heavy (non-hydrogen) atoms. The molecule has 0 aromatic heterocycles. The van der Waals surface area contributed by atoms with Gasteiger partial charge in [0.2, 0.25) is 0 Å². The molecule has 0 bridgehead atoms. The maximum absolute atomic E-state index is 9.75. The Morgan fingerprint density at radius 3 is 2.00 bits per heavy atom. The second-order valence-electron chi connectivity index (χ2n) is 1.52.